The van der Waals surface area contributed by atoms with E-state index < -0.39 is 0 Å². The van der Waals surface area contributed by atoms with Gasteiger partial charge in [-0.05, 0) is 56.1 Å². The quantitative estimate of drug-likeness (QED) is 0.742. The summed E-state index contributed by atoms with van der Waals surface area (Å²) < 4.78 is 2.20. The molecule has 0 aliphatic carbocycles. The van der Waals surface area contributed by atoms with Gasteiger partial charge in [-0.1, -0.05) is 24.3 Å². The molecule has 3 heterocycles. The fraction of sp³-hybridized carbons (Fsp3) is 0.458. The van der Waals surface area contributed by atoms with Crippen LogP contribution in [-0.4, -0.2) is 60.3 Å². The van der Waals surface area contributed by atoms with Crippen molar-refractivity contribution in [3.05, 3.63) is 48.5 Å². The third-order valence-electron chi connectivity index (χ3n) is 6.54. The number of fused-ring (bicyclic) bond motifs is 1. The van der Waals surface area contributed by atoms with Crippen molar-refractivity contribution in [2.45, 2.75) is 12.8 Å². The van der Waals surface area contributed by atoms with Crippen LogP contribution in [-0.2, 0) is 7.05 Å². The van der Waals surface area contributed by atoms with Crippen LogP contribution in [0.1, 0.15) is 12.8 Å². The lowest BCUT2D eigenvalue weighted by Crippen LogP contribution is -2.49. The zero-order valence-corrected chi connectivity index (χ0v) is 17.3. The first kappa shape index (κ1) is 18.6. The second-order valence-corrected chi connectivity index (χ2v) is 8.53. The second-order valence-electron chi connectivity index (χ2n) is 8.53. The Balaban J connectivity index is 1.28. The molecule has 1 N–H and O–H groups in total. The Morgan fingerprint density at radius 1 is 1.03 bits per heavy atom. The fourth-order valence-electron chi connectivity index (χ4n) is 4.88. The summed E-state index contributed by atoms with van der Waals surface area (Å²) in [5.74, 6) is 1.87. The highest BCUT2D eigenvalue weighted by atomic mass is 15.3. The van der Waals surface area contributed by atoms with Crippen molar-refractivity contribution in [3.63, 3.8) is 0 Å². The van der Waals surface area contributed by atoms with Crippen molar-refractivity contribution < 1.29 is 0 Å². The molecule has 2 aliphatic rings. The number of para-hydroxylation sites is 2. The molecule has 0 bridgehead atoms. The van der Waals surface area contributed by atoms with Crippen molar-refractivity contribution in [3.8, 4) is 11.4 Å². The molecule has 0 unspecified atom stereocenters. The normalized spacial score (nSPS) is 21.0. The average molecular weight is 390 g/mol. The molecule has 0 spiro atoms. The molecule has 5 nitrogen and oxygen atoms in total. The molecule has 3 aromatic rings. The predicted octanol–water partition coefficient (Wildman–Crippen LogP) is 3.36. The number of imidazole rings is 1. The zero-order chi connectivity index (χ0) is 19.6. The van der Waals surface area contributed by atoms with Crippen molar-refractivity contribution in [2.24, 2.45) is 13.0 Å². The average Bonchev–Trinajstić information content (AvgIpc) is 3.12. The van der Waals surface area contributed by atoms with Crippen LogP contribution in [0.3, 0.4) is 0 Å². The van der Waals surface area contributed by atoms with Gasteiger partial charge in [-0.25, -0.2) is 4.98 Å². The van der Waals surface area contributed by atoms with Gasteiger partial charge in [-0.15, -0.1) is 0 Å². The maximum Gasteiger partial charge on any atom is 0.140 e. The van der Waals surface area contributed by atoms with Crippen LogP contribution in [0.2, 0.25) is 0 Å². The largest absolute Gasteiger partial charge is 0.369 e. The minimum atomic E-state index is 0.830. The number of piperidine rings is 1. The minimum Gasteiger partial charge on any atom is -0.369 e. The number of rotatable bonds is 4. The van der Waals surface area contributed by atoms with Crippen LogP contribution in [0.4, 0.5) is 5.69 Å². The Kier molecular flexibility index (Phi) is 5.25. The van der Waals surface area contributed by atoms with E-state index in [2.05, 4.69) is 75.3 Å². The lowest BCUT2D eigenvalue weighted by Gasteiger charge is -2.38. The molecule has 1 atom stereocenters. The van der Waals surface area contributed by atoms with Crippen LogP contribution in [0.15, 0.2) is 48.5 Å². The fourth-order valence-corrected chi connectivity index (χ4v) is 4.88. The van der Waals surface area contributed by atoms with Crippen molar-refractivity contribution in [2.75, 3.05) is 50.7 Å². The van der Waals surface area contributed by atoms with Gasteiger partial charge in [-0.2, -0.15) is 0 Å². The van der Waals surface area contributed by atoms with E-state index in [0.717, 1.165) is 43.4 Å². The summed E-state index contributed by atoms with van der Waals surface area (Å²) in [7, 11) is 2.11. The summed E-state index contributed by atoms with van der Waals surface area (Å²) in [6.07, 6.45) is 2.72. The third-order valence-corrected chi connectivity index (χ3v) is 6.54. The molecule has 0 radical (unpaired) electrons. The Morgan fingerprint density at radius 3 is 2.69 bits per heavy atom. The van der Waals surface area contributed by atoms with E-state index in [1.807, 2.05) is 0 Å². The summed E-state index contributed by atoms with van der Waals surface area (Å²) >= 11 is 0. The van der Waals surface area contributed by atoms with E-state index in [4.69, 9.17) is 4.98 Å². The van der Waals surface area contributed by atoms with Gasteiger partial charge in [0.25, 0.3) is 0 Å². The molecule has 5 rings (SSSR count). The van der Waals surface area contributed by atoms with Gasteiger partial charge in [0.15, 0.2) is 0 Å². The number of nitrogens with zero attached hydrogens (tertiary/aromatic N) is 4. The van der Waals surface area contributed by atoms with Crippen LogP contribution >= 0.6 is 0 Å². The molecule has 0 saturated carbocycles. The van der Waals surface area contributed by atoms with E-state index in [1.54, 1.807) is 0 Å². The van der Waals surface area contributed by atoms with Crippen molar-refractivity contribution in [1.82, 2.24) is 19.8 Å². The Hall–Kier alpha value is -2.37. The molecular weight excluding hydrogens is 358 g/mol. The van der Waals surface area contributed by atoms with Gasteiger partial charge in [0.05, 0.1) is 11.0 Å². The highest BCUT2D eigenvalue weighted by Crippen LogP contribution is 2.27. The van der Waals surface area contributed by atoms with E-state index in [0.29, 0.717) is 0 Å². The molecule has 152 valence electrons. The molecule has 29 heavy (non-hydrogen) atoms. The number of aryl methyl sites for hydroxylation is 1. The van der Waals surface area contributed by atoms with Crippen LogP contribution in [0.5, 0.6) is 0 Å². The minimum absolute atomic E-state index is 0.830. The smallest absolute Gasteiger partial charge is 0.140 e. The van der Waals surface area contributed by atoms with Gasteiger partial charge >= 0.3 is 0 Å². The number of anilines is 1. The van der Waals surface area contributed by atoms with Crippen LogP contribution < -0.4 is 10.2 Å². The molecule has 0 amide bonds. The van der Waals surface area contributed by atoms with Crippen molar-refractivity contribution in [1.29, 1.82) is 0 Å². The van der Waals surface area contributed by atoms with E-state index in [1.165, 1.54) is 49.2 Å². The Morgan fingerprint density at radius 2 is 1.90 bits per heavy atom. The molecule has 2 saturated heterocycles. The molecule has 2 aromatic carbocycles. The Labute approximate surface area is 173 Å². The highest BCUT2D eigenvalue weighted by molar-refractivity contribution is 5.81. The number of aromatic nitrogens is 2. The van der Waals surface area contributed by atoms with Crippen LogP contribution in [0, 0.1) is 5.92 Å². The van der Waals surface area contributed by atoms with Gasteiger partial charge in [0.2, 0.25) is 0 Å². The maximum atomic E-state index is 4.88. The number of hydrogen-bond acceptors (Lipinski definition) is 4. The number of piperazine rings is 1. The highest BCUT2D eigenvalue weighted by Gasteiger charge is 2.22. The maximum absolute atomic E-state index is 4.88. The Bertz CT molecular complexity index is 964. The number of hydrogen-bond donors (Lipinski definition) is 1. The van der Waals surface area contributed by atoms with Gasteiger partial charge in [-0.3, -0.25) is 4.90 Å². The first-order valence-electron chi connectivity index (χ1n) is 11.0. The molecule has 2 aliphatic heterocycles. The third kappa shape index (κ3) is 3.89. The van der Waals surface area contributed by atoms with E-state index in [9.17, 15) is 0 Å². The SMILES string of the molecule is Cn1c(-c2cccc(N3CCN(C[C@H]4CCCNC4)CC3)c2)nc2ccccc21. The summed E-state index contributed by atoms with van der Waals surface area (Å²) in [4.78, 5) is 10.1. The van der Waals surface area contributed by atoms with Crippen LogP contribution in [0.25, 0.3) is 22.4 Å². The first-order chi connectivity index (χ1) is 14.3. The standard InChI is InChI=1S/C24H31N5/c1-27-23-10-3-2-9-22(23)26-24(27)20-7-4-8-21(16-20)29-14-12-28(13-15-29)18-19-6-5-11-25-17-19/h2-4,7-10,16,19,25H,5-6,11-15,17-18H2,1H3/t19-/m0/s1. The van der Waals surface area contributed by atoms with Crippen molar-refractivity contribution >= 4 is 16.7 Å². The summed E-state index contributed by atoms with van der Waals surface area (Å²) in [6, 6.07) is 17.3. The first-order valence-corrected chi connectivity index (χ1v) is 11.0. The summed E-state index contributed by atoms with van der Waals surface area (Å²) in [5, 5.41) is 3.55. The van der Waals surface area contributed by atoms with E-state index in [-0.39, 0.29) is 0 Å². The number of benzene rings is 2. The molecular formula is C24H31N5. The topological polar surface area (TPSA) is 36.3 Å². The molecule has 5 heteroatoms. The number of nitrogens with one attached hydrogen (secondary N) is 1. The predicted molar refractivity (Wildman–Crippen MR) is 120 cm³/mol. The van der Waals surface area contributed by atoms with Gasteiger partial charge in [0, 0.05) is 51.0 Å². The lowest BCUT2D eigenvalue weighted by atomic mass is 9.99. The summed E-state index contributed by atoms with van der Waals surface area (Å²) in [5.41, 5.74) is 4.74. The summed E-state index contributed by atoms with van der Waals surface area (Å²) in [6.45, 7) is 8.17. The van der Waals surface area contributed by atoms with Gasteiger partial charge in [0.1, 0.15) is 5.82 Å². The lowest BCUT2D eigenvalue weighted by molar-refractivity contribution is 0.199. The molecule has 2 fully saturated rings. The van der Waals surface area contributed by atoms with E-state index >= 15 is 0 Å². The molecule has 1 aromatic heterocycles. The second kappa shape index (κ2) is 8.17. The van der Waals surface area contributed by atoms with Gasteiger partial charge < -0.3 is 14.8 Å². The monoisotopic (exact) mass is 389 g/mol. The zero-order valence-electron chi connectivity index (χ0n) is 17.3.